The van der Waals surface area contributed by atoms with E-state index in [1.165, 1.54) is 5.56 Å². The molecule has 4 aromatic rings. The lowest BCUT2D eigenvalue weighted by Gasteiger charge is -2.14. The van der Waals surface area contributed by atoms with Crippen LogP contribution < -0.4 is 4.74 Å². The van der Waals surface area contributed by atoms with Crippen molar-refractivity contribution < 1.29 is 4.74 Å². The molecular formula is C24H23ClN2O. The zero-order valence-electron chi connectivity index (χ0n) is 16.3. The molecule has 1 N–H and O–H groups in total. The zero-order valence-corrected chi connectivity index (χ0v) is 17.0. The summed E-state index contributed by atoms with van der Waals surface area (Å²) in [6.45, 7) is 7.00. The first-order valence-corrected chi connectivity index (χ1v) is 9.96. The number of rotatable bonds is 5. The van der Waals surface area contributed by atoms with Crippen molar-refractivity contribution in [3.05, 3.63) is 71.2 Å². The van der Waals surface area contributed by atoms with Gasteiger partial charge in [-0.15, -0.1) is 0 Å². The predicted molar refractivity (Wildman–Crippen MR) is 117 cm³/mol. The van der Waals surface area contributed by atoms with Gasteiger partial charge in [0.25, 0.3) is 0 Å². The molecule has 3 nitrogen and oxygen atoms in total. The van der Waals surface area contributed by atoms with Gasteiger partial charge in [-0.25, -0.2) is 4.98 Å². The molecule has 4 rings (SSSR count). The predicted octanol–water partition coefficient (Wildman–Crippen LogP) is 7.07. The molecule has 0 saturated heterocycles. The number of aromatic amines is 1. The first-order chi connectivity index (χ1) is 13.6. The molecule has 0 spiro atoms. The third-order valence-corrected chi connectivity index (χ3v) is 5.12. The van der Waals surface area contributed by atoms with Gasteiger partial charge in [0.15, 0.2) is 0 Å². The lowest BCUT2D eigenvalue weighted by Crippen LogP contribution is -1.98. The van der Waals surface area contributed by atoms with Gasteiger partial charge in [-0.1, -0.05) is 49.7 Å². The van der Waals surface area contributed by atoms with Crippen molar-refractivity contribution in [2.24, 2.45) is 0 Å². The summed E-state index contributed by atoms with van der Waals surface area (Å²) in [5.74, 6) is 1.25. The lowest BCUT2D eigenvalue weighted by atomic mass is 9.99. The minimum Gasteiger partial charge on any atom is -0.493 e. The standard InChI is InChI=1S/C24H23ClN2O/c1-4-28-23-14-22(27-24-18(15(2)3)6-5-7-19(23)24)21-13-12-20(26-21)16-8-10-17(25)11-9-16/h5-15,26H,4H2,1-3H3. The summed E-state index contributed by atoms with van der Waals surface area (Å²) in [7, 11) is 0. The van der Waals surface area contributed by atoms with Crippen LogP contribution in [0.25, 0.3) is 33.5 Å². The highest BCUT2D eigenvalue weighted by molar-refractivity contribution is 6.30. The van der Waals surface area contributed by atoms with E-state index >= 15 is 0 Å². The number of para-hydroxylation sites is 1. The second-order valence-electron chi connectivity index (χ2n) is 7.13. The molecule has 142 valence electrons. The number of ether oxygens (including phenoxy) is 1. The molecule has 2 aromatic heterocycles. The molecule has 0 aliphatic rings. The number of hydrogen-bond acceptors (Lipinski definition) is 2. The molecule has 28 heavy (non-hydrogen) atoms. The van der Waals surface area contributed by atoms with E-state index in [2.05, 4.69) is 49.2 Å². The minimum absolute atomic E-state index is 0.384. The van der Waals surface area contributed by atoms with E-state index in [9.17, 15) is 0 Å². The van der Waals surface area contributed by atoms with Crippen LogP contribution in [0.15, 0.2) is 60.7 Å². The van der Waals surface area contributed by atoms with Crippen molar-refractivity contribution in [1.82, 2.24) is 9.97 Å². The van der Waals surface area contributed by atoms with Crippen LogP contribution >= 0.6 is 11.6 Å². The maximum absolute atomic E-state index is 6.01. The molecule has 0 bridgehead atoms. The molecule has 0 atom stereocenters. The fourth-order valence-electron chi connectivity index (χ4n) is 3.46. The van der Waals surface area contributed by atoms with Gasteiger partial charge in [0, 0.05) is 22.2 Å². The van der Waals surface area contributed by atoms with Gasteiger partial charge in [0.2, 0.25) is 0 Å². The van der Waals surface area contributed by atoms with Gasteiger partial charge in [0.05, 0.1) is 23.5 Å². The average Bonchev–Trinajstić information content (AvgIpc) is 3.18. The van der Waals surface area contributed by atoms with E-state index in [-0.39, 0.29) is 0 Å². The summed E-state index contributed by atoms with van der Waals surface area (Å²) in [4.78, 5) is 8.49. The summed E-state index contributed by atoms with van der Waals surface area (Å²) in [6, 6.07) is 20.3. The zero-order chi connectivity index (χ0) is 19.7. The Morgan fingerprint density at radius 2 is 1.75 bits per heavy atom. The van der Waals surface area contributed by atoms with Gasteiger partial charge < -0.3 is 9.72 Å². The Balaban J connectivity index is 1.84. The molecule has 0 aliphatic heterocycles. The topological polar surface area (TPSA) is 37.9 Å². The van der Waals surface area contributed by atoms with E-state index in [1.807, 2.05) is 37.3 Å². The summed E-state index contributed by atoms with van der Waals surface area (Å²) < 4.78 is 5.95. The summed E-state index contributed by atoms with van der Waals surface area (Å²) in [5.41, 5.74) is 6.19. The Morgan fingerprint density at radius 1 is 1.00 bits per heavy atom. The van der Waals surface area contributed by atoms with Gasteiger partial charge in [-0.3, -0.25) is 0 Å². The number of aromatic nitrogens is 2. The van der Waals surface area contributed by atoms with Crippen molar-refractivity contribution in [2.75, 3.05) is 6.61 Å². The van der Waals surface area contributed by atoms with Crippen LogP contribution in [-0.4, -0.2) is 16.6 Å². The molecule has 0 radical (unpaired) electrons. The number of hydrogen-bond donors (Lipinski definition) is 1. The quantitative estimate of drug-likeness (QED) is 0.395. The molecule has 4 heteroatoms. The van der Waals surface area contributed by atoms with Gasteiger partial charge >= 0.3 is 0 Å². The third kappa shape index (κ3) is 3.50. The first-order valence-electron chi connectivity index (χ1n) is 9.58. The Kier molecular flexibility index (Phi) is 5.10. The lowest BCUT2D eigenvalue weighted by molar-refractivity contribution is 0.344. The molecule has 0 unspecified atom stereocenters. The number of nitrogens with zero attached hydrogens (tertiary/aromatic N) is 1. The van der Waals surface area contributed by atoms with Crippen LogP contribution in [0, 0.1) is 0 Å². The maximum atomic E-state index is 6.01. The van der Waals surface area contributed by atoms with Gasteiger partial charge in [0.1, 0.15) is 5.75 Å². The van der Waals surface area contributed by atoms with E-state index in [0.29, 0.717) is 12.5 Å². The van der Waals surface area contributed by atoms with E-state index in [1.54, 1.807) is 0 Å². The van der Waals surface area contributed by atoms with Crippen LogP contribution in [0.2, 0.25) is 5.02 Å². The molecule has 2 heterocycles. The van der Waals surface area contributed by atoms with E-state index in [4.69, 9.17) is 21.3 Å². The second-order valence-corrected chi connectivity index (χ2v) is 7.57. The number of H-pyrrole nitrogens is 1. The van der Waals surface area contributed by atoms with Crippen LogP contribution in [-0.2, 0) is 0 Å². The maximum Gasteiger partial charge on any atom is 0.130 e. The number of fused-ring (bicyclic) bond motifs is 1. The van der Waals surface area contributed by atoms with Crippen molar-refractivity contribution in [3.63, 3.8) is 0 Å². The molecule has 0 saturated carbocycles. The third-order valence-electron chi connectivity index (χ3n) is 4.87. The highest BCUT2D eigenvalue weighted by Gasteiger charge is 2.14. The molecular weight excluding hydrogens is 368 g/mol. The normalized spacial score (nSPS) is 11.3. The van der Waals surface area contributed by atoms with E-state index in [0.717, 1.165) is 44.3 Å². The number of pyridine rings is 1. The number of halogens is 1. The van der Waals surface area contributed by atoms with Crippen molar-refractivity contribution in [1.29, 1.82) is 0 Å². The Morgan fingerprint density at radius 3 is 2.46 bits per heavy atom. The largest absolute Gasteiger partial charge is 0.493 e. The molecule has 2 aromatic carbocycles. The van der Waals surface area contributed by atoms with Crippen molar-refractivity contribution in [3.8, 4) is 28.4 Å². The summed E-state index contributed by atoms with van der Waals surface area (Å²) in [6.07, 6.45) is 0. The van der Waals surface area contributed by atoms with Gasteiger partial charge in [-0.2, -0.15) is 0 Å². The number of nitrogens with one attached hydrogen (secondary N) is 1. The molecule has 0 amide bonds. The van der Waals surface area contributed by atoms with Crippen molar-refractivity contribution >= 4 is 22.5 Å². The Labute approximate surface area is 170 Å². The highest BCUT2D eigenvalue weighted by atomic mass is 35.5. The molecule has 0 fully saturated rings. The SMILES string of the molecule is CCOc1cc(-c2ccc(-c3ccc(Cl)cc3)[nH]2)nc2c(C(C)C)cccc12. The second kappa shape index (κ2) is 7.69. The van der Waals surface area contributed by atoms with E-state index < -0.39 is 0 Å². The smallest absolute Gasteiger partial charge is 0.130 e. The minimum atomic E-state index is 0.384. The Hall–Kier alpha value is -2.78. The monoisotopic (exact) mass is 390 g/mol. The van der Waals surface area contributed by atoms with Crippen molar-refractivity contribution in [2.45, 2.75) is 26.7 Å². The van der Waals surface area contributed by atoms with Crippen LogP contribution in [0.3, 0.4) is 0 Å². The first kappa shape index (κ1) is 18.6. The van der Waals surface area contributed by atoms with Crippen LogP contribution in [0.5, 0.6) is 5.75 Å². The summed E-state index contributed by atoms with van der Waals surface area (Å²) in [5, 5.41) is 1.79. The van der Waals surface area contributed by atoms with Gasteiger partial charge in [-0.05, 0) is 54.3 Å². The Bertz CT molecular complexity index is 1110. The molecule has 0 aliphatic carbocycles. The highest BCUT2D eigenvalue weighted by Crippen LogP contribution is 2.34. The summed E-state index contributed by atoms with van der Waals surface area (Å²) >= 11 is 6.01. The van der Waals surface area contributed by atoms with Crippen LogP contribution in [0.4, 0.5) is 0 Å². The van der Waals surface area contributed by atoms with Crippen LogP contribution in [0.1, 0.15) is 32.3 Å². The fourth-order valence-corrected chi connectivity index (χ4v) is 3.59. The fraction of sp³-hybridized carbons (Fsp3) is 0.208. The number of benzene rings is 2. The average molecular weight is 391 g/mol.